The van der Waals surface area contributed by atoms with Crippen LogP contribution in [0.15, 0.2) is 53.4 Å². The molecule has 1 fully saturated rings. The lowest BCUT2D eigenvalue weighted by molar-refractivity contribution is -0.139. The fourth-order valence-electron chi connectivity index (χ4n) is 2.96. The molecule has 0 spiro atoms. The van der Waals surface area contributed by atoms with Gasteiger partial charge in [-0.2, -0.15) is 0 Å². The molecular formula is C16H13ClFNO4S. The van der Waals surface area contributed by atoms with E-state index in [-0.39, 0.29) is 4.90 Å². The summed E-state index contributed by atoms with van der Waals surface area (Å²) in [4.78, 5) is 11.5. The molecule has 3 atom stereocenters. The summed E-state index contributed by atoms with van der Waals surface area (Å²) in [6.07, 6.45) is 0. The average Bonchev–Trinajstić information content (AvgIpc) is 3.17. The van der Waals surface area contributed by atoms with Gasteiger partial charge in [0.2, 0.25) is 0 Å². The summed E-state index contributed by atoms with van der Waals surface area (Å²) in [6, 6.07) is 10.4. The van der Waals surface area contributed by atoms with E-state index >= 15 is 0 Å². The van der Waals surface area contributed by atoms with E-state index in [9.17, 15) is 22.7 Å². The van der Waals surface area contributed by atoms with Crippen molar-refractivity contribution in [2.75, 3.05) is 0 Å². The van der Waals surface area contributed by atoms with Crippen LogP contribution in [0.2, 0.25) is 5.02 Å². The standard InChI is InChI=1S/C16H13ClFNO4S/c17-10-3-7-12(8-4-10)24(22,23)14-13(16(14,19)15(20)21)9-1-5-11(18)6-2-9/h1-8,13-14H,19H2,(H,20,21)/t13-,14-,16+/m0/s1. The molecule has 0 heterocycles. The van der Waals surface area contributed by atoms with Crippen LogP contribution in [0.1, 0.15) is 11.5 Å². The highest BCUT2D eigenvalue weighted by Gasteiger charge is 2.74. The molecule has 2 aromatic rings. The molecular weight excluding hydrogens is 357 g/mol. The van der Waals surface area contributed by atoms with Crippen molar-refractivity contribution in [2.45, 2.75) is 21.6 Å². The number of rotatable bonds is 4. The smallest absolute Gasteiger partial charge is 0.325 e. The van der Waals surface area contributed by atoms with Crippen LogP contribution in [-0.2, 0) is 14.6 Å². The van der Waals surface area contributed by atoms with Crippen LogP contribution in [-0.4, -0.2) is 30.3 Å². The topological polar surface area (TPSA) is 97.5 Å². The minimum atomic E-state index is -4.00. The summed E-state index contributed by atoms with van der Waals surface area (Å²) >= 11 is 5.75. The molecule has 1 saturated carbocycles. The van der Waals surface area contributed by atoms with Gasteiger partial charge in [-0.15, -0.1) is 0 Å². The summed E-state index contributed by atoms with van der Waals surface area (Å²) in [5, 5.41) is 8.46. The molecule has 3 rings (SSSR count). The lowest BCUT2D eigenvalue weighted by Gasteiger charge is -2.06. The van der Waals surface area contributed by atoms with Gasteiger partial charge in [0.05, 0.1) is 4.90 Å². The Hall–Kier alpha value is -1.96. The van der Waals surface area contributed by atoms with Crippen molar-refractivity contribution in [2.24, 2.45) is 5.73 Å². The first kappa shape index (κ1) is 16.9. The van der Waals surface area contributed by atoms with Crippen molar-refractivity contribution in [1.82, 2.24) is 0 Å². The van der Waals surface area contributed by atoms with Crippen LogP contribution in [0.25, 0.3) is 0 Å². The van der Waals surface area contributed by atoms with Crippen molar-refractivity contribution in [3.63, 3.8) is 0 Å². The minimum absolute atomic E-state index is 0.0578. The Balaban J connectivity index is 2.06. The number of hydrogen-bond donors (Lipinski definition) is 2. The van der Waals surface area contributed by atoms with E-state index in [2.05, 4.69) is 0 Å². The molecule has 0 unspecified atom stereocenters. The zero-order chi connectivity index (χ0) is 17.7. The maximum Gasteiger partial charge on any atom is 0.325 e. The van der Waals surface area contributed by atoms with Gasteiger partial charge < -0.3 is 10.8 Å². The number of carboxylic acids is 1. The van der Waals surface area contributed by atoms with E-state index in [4.69, 9.17) is 17.3 Å². The SMILES string of the molecule is N[C@]1(C(=O)O)[C@@H](c2ccc(F)cc2)[C@@H]1S(=O)(=O)c1ccc(Cl)cc1. The van der Waals surface area contributed by atoms with Gasteiger partial charge in [0.15, 0.2) is 9.84 Å². The third-order valence-corrected chi connectivity index (χ3v) is 6.77. The number of carboxylic acid groups (broad SMARTS) is 1. The number of benzene rings is 2. The Morgan fingerprint density at radius 3 is 2.17 bits per heavy atom. The lowest BCUT2D eigenvalue weighted by Crippen LogP contribution is -2.39. The summed E-state index contributed by atoms with van der Waals surface area (Å²) in [5.74, 6) is -2.88. The van der Waals surface area contributed by atoms with Crippen LogP contribution in [0.4, 0.5) is 4.39 Å². The molecule has 1 aliphatic carbocycles. The Kier molecular flexibility index (Phi) is 3.90. The molecule has 1 aliphatic rings. The monoisotopic (exact) mass is 369 g/mol. The lowest BCUT2D eigenvalue weighted by atomic mass is 10.1. The van der Waals surface area contributed by atoms with Gasteiger partial charge in [0, 0.05) is 10.9 Å². The second-order valence-electron chi connectivity index (χ2n) is 5.69. The number of carbonyl (C=O) groups is 1. The molecule has 8 heteroatoms. The number of aliphatic carboxylic acids is 1. The molecule has 0 aromatic heterocycles. The highest BCUT2D eigenvalue weighted by molar-refractivity contribution is 7.92. The van der Waals surface area contributed by atoms with Crippen molar-refractivity contribution in [3.05, 3.63) is 64.9 Å². The summed E-state index contributed by atoms with van der Waals surface area (Å²) in [7, 11) is -4.00. The zero-order valence-electron chi connectivity index (χ0n) is 12.2. The van der Waals surface area contributed by atoms with Gasteiger partial charge in [-0.1, -0.05) is 23.7 Å². The van der Waals surface area contributed by atoms with E-state index in [0.29, 0.717) is 10.6 Å². The van der Waals surface area contributed by atoms with E-state index < -0.39 is 38.3 Å². The minimum Gasteiger partial charge on any atom is -0.480 e. The fraction of sp³-hybridized carbons (Fsp3) is 0.188. The molecule has 126 valence electrons. The highest BCUT2D eigenvalue weighted by Crippen LogP contribution is 2.55. The predicted octanol–water partition coefficient (Wildman–Crippen LogP) is 2.20. The van der Waals surface area contributed by atoms with E-state index in [1.165, 1.54) is 36.4 Å². The van der Waals surface area contributed by atoms with Gasteiger partial charge in [-0.25, -0.2) is 12.8 Å². The van der Waals surface area contributed by atoms with Crippen LogP contribution in [0.5, 0.6) is 0 Å². The molecule has 0 saturated heterocycles. The average molecular weight is 370 g/mol. The van der Waals surface area contributed by atoms with Crippen LogP contribution < -0.4 is 5.73 Å². The van der Waals surface area contributed by atoms with Gasteiger partial charge in [-0.3, -0.25) is 4.79 Å². The molecule has 2 aromatic carbocycles. The van der Waals surface area contributed by atoms with Crippen molar-refractivity contribution < 1.29 is 22.7 Å². The van der Waals surface area contributed by atoms with Crippen molar-refractivity contribution in [1.29, 1.82) is 0 Å². The first-order valence-electron chi connectivity index (χ1n) is 6.96. The van der Waals surface area contributed by atoms with Crippen molar-refractivity contribution >= 4 is 27.4 Å². The molecule has 24 heavy (non-hydrogen) atoms. The van der Waals surface area contributed by atoms with Crippen LogP contribution in [0, 0.1) is 5.82 Å². The maximum absolute atomic E-state index is 13.1. The van der Waals surface area contributed by atoms with Crippen LogP contribution >= 0.6 is 11.6 Å². The number of sulfone groups is 1. The zero-order valence-corrected chi connectivity index (χ0v) is 13.8. The summed E-state index contributed by atoms with van der Waals surface area (Å²) in [5.41, 5.74) is 4.31. The third-order valence-electron chi connectivity index (χ3n) is 4.26. The molecule has 0 amide bonds. The molecule has 5 nitrogen and oxygen atoms in total. The maximum atomic E-state index is 13.1. The normalized spacial score (nSPS) is 26.1. The number of hydrogen-bond acceptors (Lipinski definition) is 4. The summed E-state index contributed by atoms with van der Waals surface area (Å²) in [6.45, 7) is 0. The number of nitrogens with two attached hydrogens (primary N) is 1. The Morgan fingerprint density at radius 1 is 1.12 bits per heavy atom. The van der Waals surface area contributed by atoms with Gasteiger partial charge in [-0.05, 0) is 42.0 Å². The van der Waals surface area contributed by atoms with Gasteiger partial charge in [0.1, 0.15) is 16.6 Å². The Labute approximate surface area is 142 Å². The fourth-order valence-corrected chi connectivity index (χ4v) is 5.31. The Morgan fingerprint density at radius 2 is 1.67 bits per heavy atom. The number of halogens is 2. The first-order valence-corrected chi connectivity index (χ1v) is 8.88. The quantitative estimate of drug-likeness (QED) is 0.861. The Bertz CT molecular complexity index is 899. The third kappa shape index (κ3) is 2.49. The second kappa shape index (κ2) is 5.54. The molecule has 0 aliphatic heterocycles. The first-order chi connectivity index (χ1) is 11.2. The van der Waals surface area contributed by atoms with E-state index in [1.54, 1.807) is 0 Å². The van der Waals surface area contributed by atoms with Crippen LogP contribution in [0.3, 0.4) is 0 Å². The second-order valence-corrected chi connectivity index (χ2v) is 8.19. The largest absolute Gasteiger partial charge is 0.480 e. The molecule has 3 N–H and O–H groups in total. The molecule has 0 bridgehead atoms. The van der Waals surface area contributed by atoms with Crippen molar-refractivity contribution in [3.8, 4) is 0 Å². The predicted molar refractivity (Wildman–Crippen MR) is 86.1 cm³/mol. The van der Waals surface area contributed by atoms with Gasteiger partial charge >= 0.3 is 5.97 Å². The van der Waals surface area contributed by atoms with Gasteiger partial charge in [0.25, 0.3) is 0 Å². The van der Waals surface area contributed by atoms with E-state index in [1.807, 2.05) is 0 Å². The molecule has 0 radical (unpaired) electrons. The highest BCUT2D eigenvalue weighted by atomic mass is 35.5. The van der Waals surface area contributed by atoms with E-state index in [0.717, 1.165) is 12.1 Å². The summed E-state index contributed by atoms with van der Waals surface area (Å²) < 4.78 is 38.7.